The maximum Gasteiger partial charge on any atom is 0.246 e. The highest BCUT2D eigenvalue weighted by molar-refractivity contribution is 5.97. The van der Waals surface area contributed by atoms with Crippen LogP contribution in [0.2, 0.25) is 0 Å². The monoisotopic (exact) mass is 385 g/mol. The van der Waals surface area contributed by atoms with Crippen LogP contribution in [-0.2, 0) is 16.0 Å². The van der Waals surface area contributed by atoms with Gasteiger partial charge in [-0.2, -0.15) is 5.26 Å². The Morgan fingerprint density at radius 2 is 1.83 bits per heavy atom. The highest BCUT2D eigenvalue weighted by Gasteiger charge is 2.32. The first-order valence-corrected chi connectivity index (χ1v) is 10.0. The number of anilines is 1. The van der Waals surface area contributed by atoms with Gasteiger partial charge in [-0.15, -0.1) is 0 Å². The van der Waals surface area contributed by atoms with E-state index in [0.717, 1.165) is 24.2 Å². The number of nitriles is 1. The number of nitrogens with zero attached hydrogens (tertiary/aromatic N) is 3. The van der Waals surface area contributed by atoms with Crippen molar-refractivity contribution in [3.8, 4) is 6.07 Å². The van der Waals surface area contributed by atoms with E-state index in [-0.39, 0.29) is 17.7 Å². The number of benzene rings is 2. The Bertz CT molecular complexity index is 997. The van der Waals surface area contributed by atoms with E-state index in [0.29, 0.717) is 31.5 Å². The second kappa shape index (κ2) is 8.32. The smallest absolute Gasteiger partial charge is 0.246 e. The maximum atomic E-state index is 13.0. The molecule has 0 radical (unpaired) electrons. The van der Waals surface area contributed by atoms with Crippen LogP contribution in [0.5, 0.6) is 0 Å². The zero-order valence-corrected chi connectivity index (χ0v) is 16.3. The predicted molar refractivity (Wildman–Crippen MR) is 112 cm³/mol. The Hall–Kier alpha value is -3.39. The first-order chi connectivity index (χ1) is 14.2. The minimum absolute atomic E-state index is 0.0264. The molecule has 4 rings (SSSR count). The number of carbonyl (C=O) groups is 2. The molecule has 29 heavy (non-hydrogen) atoms. The number of rotatable bonds is 3. The molecule has 2 aliphatic rings. The van der Waals surface area contributed by atoms with E-state index >= 15 is 0 Å². The van der Waals surface area contributed by atoms with Crippen molar-refractivity contribution in [1.82, 2.24) is 4.90 Å². The molecule has 0 spiro atoms. The molecule has 5 heteroatoms. The zero-order chi connectivity index (χ0) is 20.2. The van der Waals surface area contributed by atoms with Crippen molar-refractivity contribution < 1.29 is 9.59 Å². The van der Waals surface area contributed by atoms with Gasteiger partial charge in [0.2, 0.25) is 11.8 Å². The van der Waals surface area contributed by atoms with Crippen LogP contribution in [0, 0.1) is 17.2 Å². The van der Waals surface area contributed by atoms with Crippen molar-refractivity contribution in [3.63, 3.8) is 0 Å². The second-order valence-corrected chi connectivity index (χ2v) is 7.54. The van der Waals surface area contributed by atoms with Crippen LogP contribution in [0.25, 0.3) is 6.08 Å². The van der Waals surface area contributed by atoms with E-state index in [2.05, 4.69) is 12.1 Å². The van der Waals surface area contributed by atoms with Crippen LogP contribution in [0.4, 0.5) is 5.69 Å². The molecule has 0 N–H and O–H groups in total. The molecule has 2 aromatic rings. The number of likely N-dealkylation sites (tertiary alicyclic amines) is 1. The molecule has 2 amide bonds. The number of piperidine rings is 1. The van der Waals surface area contributed by atoms with E-state index in [4.69, 9.17) is 5.26 Å². The van der Waals surface area contributed by atoms with Crippen molar-refractivity contribution in [2.45, 2.75) is 19.3 Å². The lowest BCUT2D eigenvalue weighted by atomic mass is 9.95. The van der Waals surface area contributed by atoms with Gasteiger partial charge in [-0.3, -0.25) is 9.59 Å². The standard InChI is InChI=1S/C24H23N3O2/c25-17-19-5-3-4-18(16-19)8-9-23(28)26-13-10-21(11-14-26)24(29)27-15-12-20-6-1-2-7-22(20)27/h1-9,16,21H,10-15H2/b9-8+. The number of fused-ring (bicyclic) bond motifs is 1. The molecule has 0 saturated carbocycles. The summed E-state index contributed by atoms with van der Waals surface area (Å²) in [6.45, 7) is 1.93. The van der Waals surface area contributed by atoms with E-state index in [1.54, 1.807) is 35.3 Å². The van der Waals surface area contributed by atoms with Gasteiger partial charge in [0.1, 0.15) is 0 Å². The number of hydrogen-bond acceptors (Lipinski definition) is 3. The first kappa shape index (κ1) is 18.9. The van der Waals surface area contributed by atoms with Crippen molar-refractivity contribution in [1.29, 1.82) is 5.26 Å². The fraction of sp³-hybridized carbons (Fsp3) is 0.292. The summed E-state index contributed by atoms with van der Waals surface area (Å²) in [4.78, 5) is 29.2. The van der Waals surface area contributed by atoms with Gasteiger partial charge in [0.15, 0.2) is 0 Å². The molecule has 0 aliphatic carbocycles. The summed E-state index contributed by atoms with van der Waals surface area (Å²) in [7, 11) is 0. The normalized spacial score (nSPS) is 16.7. The fourth-order valence-corrected chi connectivity index (χ4v) is 4.12. The Morgan fingerprint density at radius 3 is 2.62 bits per heavy atom. The summed E-state index contributed by atoms with van der Waals surface area (Å²) in [6.07, 6.45) is 5.59. The van der Waals surface area contributed by atoms with Crippen LogP contribution in [0.3, 0.4) is 0 Å². The van der Waals surface area contributed by atoms with E-state index in [9.17, 15) is 9.59 Å². The summed E-state index contributed by atoms with van der Waals surface area (Å²) >= 11 is 0. The summed E-state index contributed by atoms with van der Waals surface area (Å²) in [6, 6.07) is 17.3. The molecule has 1 saturated heterocycles. The summed E-state index contributed by atoms with van der Waals surface area (Å²) < 4.78 is 0. The molecule has 0 bridgehead atoms. The van der Waals surface area contributed by atoms with Gasteiger partial charge in [-0.1, -0.05) is 30.3 Å². The maximum absolute atomic E-state index is 13.0. The van der Waals surface area contributed by atoms with Gasteiger partial charge in [0, 0.05) is 37.3 Å². The van der Waals surface area contributed by atoms with Crippen LogP contribution >= 0.6 is 0 Å². The number of hydrogen-bond donors (Lipinski definition) is 0. The highest BCUT2D eigenvalue weighted by atomic mass is 16.2. The number of carbonyl (C=O) groups excluding carboxylic acids is 2. The van der Waals surface area contributed by atoms with Gasteiger partial charge >= 0.3 is 0 Å². The third-order valence-corrected chi connectivity index (χ3v) is 5.74. The molecular weight excluding hydrogens is 362 g/mol. The average molecular weight is 385 g/mol. The number of amides is 2. The molecule has 2 aromatic carbocycles. The van der Waals surface area contributed by atoms with Crippen molar-refractivity contribution >= 4 is 23.6 Å². The Labute approximate surface area is 170 Å². The molecule has 1 fully saturated rings. The molecule has 0 aromatic heterocycles. The summed E-state index contributed by atoms with van der Waals surface area (Å²) in [5, 5.41) is 8.97. The van der Waals surface area contributed by atoms with Crippen LogP contribution in [0.1, 0.15) is 29.5 Å². The molecular formula is C24H23N3O2. The SMILES string of the molecule is N#Cc1cccc(/C=C/C(=O)N2CCC(C(=O)N3CCc4ccccc43)CC2)c1. The lowest BCUT2D eigenvalue weighted by molar-refractivity contribution is -0.130. The van der Waals surface area contributed by atoms with Crippen molar-refractivity contribution in [2.24, 2.45) is 5.92 Å². The minimum atomic E-state index is -0.0511. The quantitative estimate of drug-likeness (QED) is 0.761. The van der Waals surface area contributed by atoms with E-state index in [1.165, 1.54) is 5.56 Å². The predicted octanol–water partition coefficient (Wildman–Crippen LogP) is 3.40. The van der Waals surface area contributed by atoms with Crippen LogP contribution in [-0.4, -0.2) is 36.3 Å². The first-order valence-electron chi connectivity index (χ1n) is 10.0. The van der Waals surface area contributed by atoms with Crippen LogP contribution in [0.15, 0.2) is 54.6 Å². The Kier molecular flexibility index (Phi) is 5.44. The van der Waals surface area contributed by atoms with Crippen LogP contribution < -0.4 is 4.90 Å². The summed E-state index contributed by atoms with van der Waals surface area (Å²) in [5.41, 5.74) is 3.68. The Balaban J connectivity index is 1.33. The zero-order valence-electron chi connectivity index (χ0n) is 16.3. The molecule has 0 unspecified atom stereocenters. The average Bonchev–Trinajstić information content (AvgIpc) is 3.21. The summed E-state index contributed by atoms with van der Waals surface area (Å²) in [5.74, 6) is 0.109. The number of para-hydroxylation sites is 1. The minimum Gasteiger partial charge on any atom is -0.339 e. The third kappa shape index (κ3) is 4.07. The molecule has 2 heterocycles. The van der Waals surface area contributed by atoms with Gasteiger partial charge < -0.3 is 9.80 Å². The van der Waals surface area contributed by atoms with Crippen molar-refractivity contribution in [3.05, 3.63) is 71.3 Å². The Morgan fingerprint density at radius 1 is 1.03 bits per heavy atom. The highest BCUT2D eigenvalue weighted by Crippen LogP contribution is 2.31. The third-order valence-electron chi connectivity index (χ3n) is 5.74. The fourth-order valence-electron chi connectivity index (χ4n) is 4.12. The molecule has 5 nitrogen and oxygen atoms in total. The van der Waals surface area contributed by atoms with Crippen molar-refractivity contribution in [2.75, 3.05) is 24.5 Å². The lowest BCUT2D eigenvalue weighted by Crippen LogP contribution is -2.43. The van der Waals surface area contributed by atoms with Gasteiger partial charge in [0.05, 0.1) is 11.6 Å². The van der Waals surface area contributed by atoms with E-state index < -0.39 is 0 Å². The molecule has 146 valence electrons. The topological polar surface area (TPSA) is 64.4 Å². The van der Waals surface area contributed by atoms with E-state index in [1.807, 2.05) is 29.2 Å². The van der Waals surface area contributed by atoms with Gasteiger partial charge in [-0.25, -0.2) is 0 Å². The largest absolute Gasteiger partial charge is 0.339 e. The second-order valence-electron chi connectivity index (χ2n) is 7.54. The van der Waals surface area contributed by atoms with Gasteiger partial charge in [0.25, 0.3) is 0 Å². The molecule has 2 aliphatic heterocycles. The lowest BCUT2D eigenvalue weighted by Gasteiger charge is -2.32. The molecule has 0 atom stereocenters. The van der Waals surface area contributed by atoms with Gasteiger partial charge in [-0.05, 0) is 54.7 Å².